The SMILES string of the molecule is CC.CC.N#Cc1ccccc1-c1nc(-c2ccccc2)nc(-c2cc(-c3ccc4sc5ccccc5c4c3)cc(-c3ccc4sc5ccccc5c4c3)c2)n1. The number of rotatable bonds is 5. The Labute approximate surface area is 335 Å². The molecule has 10 rings (SSSR count). The highest BCUT2D eigenvalue weighted by Gasteiger charge is 2.17. The van der Waals surface area contributed by atoms with Gasteiger partial charge in [-0.05, 0) is 89.0 Å². The quantitative estimate of drug-likeness (QED) is 0.175. The van der Waals surface area contributed by atoms with Gasteiger partial charge in [-0.1, -0.05) is 119 Å². The lowest BCUT2D eigenvalue weighted by atomic mass is 9.94. The second-order valence-electron chi connectivity index (χ2n) is 12.7. The largest absolute Gasteiger partial charge is 0.208 e. The molecule has 0 saturated heterocycles. The average molecular weight is 759 g/mol. The Hall–Kier alpha value is -6.52. The lowest BCUT2D eigenvalue weighted by Gasteiger charge is -2.13. The van der Waals surface area contributed by atoms with Gasteiger partial charge in [0, 0.05) is 57.0 Å². The summed E-state index contributed by atoms with van der Waals surface area (Å²) in [5.74, 6) is 1.56. The third kappa shape index (κ3) is 6.84. The first kappa shape index (κ1) is 36.5. The first-order valence-corrected chi connectivity index (χ1v) is 20.6. The molecule has 0 amide bonds. The molecule has 0 aliphatic carbocycles. The lowest BCUT2D eigenvalue weighted by Crippen LogP contribution is -2.01. The van der Waals surface area contributed by atoms with Crippen LogP contribution in [0.3, 0.4) is 0 Å². The smallest absolute Gasteiger partial charge is 0.165 e. The van der Waals surface area contributed by atoms with E-state index in [1.165, 1.54) is 40.3 Å². The molecule has 0 unspecified atom stereocenters. The Bertz CT molecular complexity index is 2910. The van der Waals surface area contributed by atoms with E-state index in [0.717, 1.165) is 33.4 Å². The summed E-state index contributed by atoms with van der Waals surface area (Å²) in [6.07, 6.45) is 0. The van der Waals surface area contributed by atoms with E-state index in [4.69, 9.17) is 15.0 Å². The van der Waals surface area contributed by atoms with Crippen LogP contribution in [-0.2, 0) is 0 Å². The average Bonchev–Trinajstić information content (AvgIpc) is 3.85. The van der Waals surface area contributed by atoms with Crippen molar-refractivity contribution in [2.45, 2.75) is 27.7 Å². The maximum Gasteiger partial charge on any atom is 0.165 e. The number of fused-ring (bicyclic) bond motifs is 6. The predicted molar refractivity (Wildman–Crippen MR) is 240 cm³/mol. The van der Waals surface area contributed by atoms with Crippen molar-refractivity contribution >= 4 is 63.0 Å². The van der Waals surface area contributed by atoms with Crippen molar-refractivity contribution in [3.05, 3.63) is 163 Å². The Morgan fingerprint density at radius 1 is 0.375 bits per heavy atom. The molecule has 10 aromatic rings. The highest BCUT2D eigenvalue weighted by molar-refractivity contribution is 7.26. The van der Waals surface area contributed by atoms with Crippen LogP contribution in [0.25, 0.3) is 96.8 Å². The van der Waals surface area contributed by atoms with Gasteiger partial charge in [0.05, 0.1) is 11.6 Å². The minimum absolute atomic E-state index is 0.463. The van der Waals surface area contributed by atoms with Gasteiger partial charge in [-0.2, -0.15) is 5.26 Å². The lowest BCUT2D eigenvalue weighted by molar-refractivity contribution is 1.07. The maximum atomic E-state index is 10.0. The molecule has 0 bridgehead atoms. The highest BCUT2D eigenvalue weighted by atomic mass is 32.1. The van der Waals surface area contributed by atoms with Gasteiger partial charge in [-0.3, -0.25) is 0 Å². The third-order valence-electron chi connectivity index (χ3n) is 9.57. The first-order chi connectivity index (χ1) is 27.7. The molecule has 0 aliphatic heterocycles. The topological polar surface area (TPSA) is 62.5 Å². The van der Waals surface area contributed by atoms with Crippen LogP contribution in [-0.4, -0.2) is 15.0 Å². The third-order valence-corrected chi connectivity index (χ3v) is 11.9. The van der Waals surface area contributed by atoms with Crippen LogP contribution >= 0.6 is 22.7 Å². The molecule has 0 atom stereocenters. The van der Waals surface area contributed by atoms with Gasteiger partial charge < -0.3 is 0 Å². The van der Waals surface area contributed by atoms with E-state index in [1.807, 2.05) is 98.9 Å². The monoisotopic (exact) mass is 758 g/mol. The van der Waals surface area contributed by atoms with Crippen LogP contribution in [0.15, 0.2) is 158 Å². The number of hydrogen-bond acceptors (Lipinski definition) is 6. The maximum absolute atomic E-state index is 10.0. The van der Waals surface area contributed by atoms with E-state index in [2.05, 4.69) is 109 Å². The molecule has 0 N–H and O–H groups in total. The standard InChI is InChI=1S/C46H26N4S2.2C2H6/c47-27-31-12-4-5-13-35(31)46-49-44(28-10-2-1-3-11-28)48-45(50-46)34-23-32(29-18-20-42-38(25-29)36-14-6-8-16-40(36)51-42)22-33(24-34)30-19-21-43-39(26-30)37-15-7-9-17-41(37)52-43;2*1-2/h1-26H;2*1-2H3. The van der Waals surface area contributed by atoms with E-state index >= 15 is 0 Å². The number of aromatic nitrogens is 3. The minimum Gasteiger partial charge on any atom is -0.208 e. The zero-order valence-corrected chi connectivity index (χ0v) is 33.2. The van der Waals surface area contributed by atoms with Crippen LogP contribution in [0, 0.1) is 11.3 Å². The fraction of sp³-hybridized carbons (Fsp3) is 0.0800. The van der Waals surface area contributed by atoms with Crippen molar-refractivity contribution in [3.8, 4) is 62.5 Å². The van der Waals surface area contributed by atoms with Crippen LogP contribution in [0.4, 0.5) is 0 Å². The van der Waals surface area contributed by atoms with Crippen molar-refractivity contribution < 1.29 is 0 Å². The molecule has 4 nitrogen and oxygen atoms in total. The number of thiophene rings is 2. The highest BCUT2D eigenvalue weighted by Crippen LogP contribution is 2.41. The summed E-state index contributed by atoms with van der Waals surface area (Å²) in [5.41, 5.74) is 7.31. The first-order valence-electron chi connectivity index (χ1n) is 19.0. The Morgan fingerprint density at radius 3 is 1.39 bits per heavy atom. The molecule has 6 heteroatoms. The summed E-state index contributed by atoms with van der Waals surface area (Å²) in [6.45, 7) is 8.00. The van der Waals surface area contributed by atoms with Crippen LogP contribution in [0.5, 0.6) is 0 Å². The zero-order valence-electron chi connectivity index (χ0n) is 31.6. The summed E-state index contributed by atoms with van der Waals surface area (Å²) in [7, 11) is 0. The van der Waals surface area contributed by atoms with Gasteiger partial charge in [0.15, 0.2) is 17.5 Å². The molecule has 3 heterocycles. The molecule has 3 aromatic heterocycles. The van der Waals surface area contributed by atoms with Gasteiger partial charge in [-0.15, -0.1) is 22.7 Å². The van der Waals surface area contributed by atoms with Crippen molar-refractivity contribution in [2.24, 2.45) is 0 Å². The molecule has 0 saturated carbocycles. The van der Waals surface area contributed by atoms with Crippen molar-refractivity contribution in [1.29, 1.82) is 5.26 Å². The van der Waals surface area contributed by atoms with Gasteiger partial charge in [0.2, 0.25) is 0 Å². The molecule has 0 aliphatic rings. The fourth-order valence-corrected chi connectivity index (χ4v) is 9.19. The van der Waals surface area contributed by atoms with E-state index < -0.39 is 0 Å². The molecule has 0 radical (unpaired) electrons. The molecule has 0 spiro atoms. The Balaban J connectivity index is 0.00000107. The minimum atomic E-state index is 0.463. The van der Waals surface area contributed by atoms with Gasteiger partial charge >= 0.3 is 0 Å². The van der Waals surface area contributed by atoms with Crippen LogP contribution in [0.2, 0.25) is 0 Å². The van der Waals surface area contributed by atoms with Crippen molar-refractivity contribution in [1.82, 2.24) is 15.0 Å². The molecule has 0 fully saturated rings. The van der Waals surface area contributed by atoms with Gasteiger partial charge in [0.25, 0.3) is 0 Å². The van der Waals surface area contributed by atoms with E-state index in [1.54, 1.807) is 6.07 Å². The van der Waals surface area contributed by atoms with E-state index in [9.17, 15) is 5.26 Å². The molecular weight excluding hydrogens is 721 g/mol. The summed E-state index contributed by atoms with van der Waals surface area (Å²) >= 11 is 3.64. The van der Waals surface area contributed by atoms with Gasteiger partial charge in [0.1, 0.15) is 0 Å². The van der Waals surface area contributed by atoms with Crippen LogP contribution in [0.1, 0.15) is 33.3 Å². The van der Waals surface area contributed by atoms with E-state index in [-0.39, 0.29) is 0 Å². The van der Waals surface area contributed by atoms with Crippen LogP contribution < -0.4 is 0 Å². The normalized spacial score (nSPS) is 10.8. The van der Waals surface area contributed by atoms with Crippen molar-refractivity contribution in [2.75, 3.05) is 0 Å². The van der Waals surface area contributed by atoms with Gasteiger partial charge in [-0.25, -0.2) is 15.0 Å². The summed E-state index contributed by atoms with van der Waals surface area (Å²) in [5, 5.41) is 15.0. The number of hydrogen-bond donors (Lipinski definition) is 0. The molecule has 7 aromatic carbocycles. The molecule has 270 valence electrons. The number of benzene rings is 7. The second-order valence-corrected chi connectivity index (χ2v) is 14.9. The Kier molecular flexibility index (Phi) is 10.5. The summed E-state index contributed by atoms with van der Waals surface area (Å²) in [6, 6.07) is 57.1. The summed E-state index contributed by atoms with van der Waals surface area (Å²) in [4.78, 5) is 15.1. The Morgan fingerprint density at radius 2 is 0.821 bits per heavy atom. The predicted octanol–water partition coefficient (Wildman–Crippen LogP) is 14.9. The fourth-order valence-electron chi connectivity index (χ4n) is 7.02. The number of nitriles is 1. The second kappa shape index (κ2) is 16.1. The molecular formula is C50H38N4S2. The van der Waals surface area contributed by atoms with Crippen molar-refractivity contribution in [3.63, 3.8) is 0 Å². The summed E-state index contributed by atoms with van der Waals surface area (Å²) < 4.78 is 5.09. The molecule has 56 heavy (non-hydrogen) atoms. The number of nitrogens with zero attached hydrogens (tertiary/aromatic N) is 4. The zero-order chi connectivity index (χ0) is 38.6. The van der Waals surface area contributed by atoms with E-state index in [0.29, 0.717) is 28.6 Å².